The van der Waals surface area contributed by atoms with Crippen LogP contribution < -0.4 is 4.74 Å². The molecule has 0 fully saturated rings. The Bertz CT molecular complexity index is 930. The molecule has 25 heavy (non-hydrogen) atoms. The summed E-state index contributed by atoms with van der Waals surface area (Å²) >= 11 is 5.51. The van der Waals surface area contributed by atoms with E-state index < -0.39 is 42.2 Å². The van der Waals surface area contributed by atoms with Crippen LogP contribution in [-0.4, -0.2) is 13.3 Å². The van der Waals surface area contributed by atoms with Gasteiger partial charge in [0.05, 0.1) is 9.82 Å². The molecular weight excluding hydrogens is 410 g/mol. The van der Waals surface area contributed by atoms with Crippen molar-refractivity contribution < 1.29 is 31.2 Å². The largest absolute Gasteiger partial charge is 0.457 e. The van der Waals surface area contributed by atoms with Crippen molar-refractivity contribution >= 4 is 37.0 Å². The average Bonchev–Trinajstić information content (AvgIpc) is 2.45. The van der Waals surface area contributed by atoms with Gasteiger partial charge in [0.2, 0.25) is 0 Å². The molecule has 0 aromatic heterocycles. The smallest absolute Gasteiger partial charge is 0.421 e. The van der Waals surface area contributed by atoms with E-state index in [1.54, 1.807) is 0 Å². The fraction of sp³-hybridized carbons (Fsp3) is 0.0769. The van der Waals surface area contributed by atoms with Gasteiger partial charge in [-0.1, -0.05) is 11.6 Å². The van der Waals surface area contributed by atoms with Gasteiger partial charge in [-0.15, -0.1) is 0 Å². The van der Waals surface area contributed by atoms with Crippen LogP contribution >= 0.6 is 22.3 Å². The molecule has 6 nitrogen and oxygen atoms in total. The first kappa shape index (κ1) is 19.3. The summed E-state index contributed by atoms with van der Waals surface area (Å²) in [6.07, 6.45) is -5.02. The van der Waals surface area contributed by atoms with Crippen LogP contribution in [0.1, 0.15) is 5.56 Å². The van der Waals surface area contributed by atoms with Crippen LogP contribution in [0.25, 0.3) is 0 Å². The first-order chi connectivity index (χ1) is 11.4. The molecule has 2 rings (SSSR count). The Labute approximate surface area is 148 Å². The highest BCUT2D eigenvalue weighted by Gasteiger charge is 2.40. The summed E-state index contributed by atoms with van der Waals surface area (Å²) in [4.78, 5) is 9.41. The van der Waals surface area contributed by atoms with Gasteiger partial charge >= 0.3 is 6.18 Å². The molecule has 0 aliphatic carbocycles. The fourth-order valence-corrected chi connectivity index (χ4v) is 2.94. The maximum Gasteiger partial charge on any atom is 0.421 e. The molecule has 134 valence electrons. The lowest BCUT2D eigenvalue weighted by atomic mass is 10.1. The predicted octanol–water partition coefficient (Wildman–Crippen LogP) is 4.99. The number of hydrogen-bond donors (Lipinski definition) is 0. The highest BCUT2D eigenvalue weighted by Crippen LogP contribution is 2.46. The van der Waals surface area contributed by atoms with E-state index in [1.165, 1.54) is 0 Å². The zero-order chi connectivity index (χ0) is 19.0. The summed E-state index contributed by atoms with van der Waals surface area (Å²) in [5.41, 5.74) is -2.44. The number of benzene rings is 2. The second kappa shape index (κ2) is 6.70. The highest BCUT2D eigenvalue weighted by molar-refractivity contribution is 8.13. The predicted molar refractivity (Wildman–Crippen MR) is 82.7 cm³/mol. The van der Waals surface area contributed by atoms with E-state index in [0.29, 0.717) is 0 Å². The quantitative estimate of drug-likeness (QED) is 0.398. The van der Waals surface area contributed by atoms with Gasteiger partial charge < -0.3 is 4.74 Å². The minimum atomic E-state index is -5.02. The van der Waals surface area contributed by atoms with Gasteiger partial charge in [0.25, 0.3) is 14.7 Å². The van der Waals surface area contributed by atoms with E-state index in [9.17, 15) is 31.7 Å². The Kier molecular flexibility index (Phi) is 5.17. The number of nitro benzene ring substituents is 1. The van der Waals surface area contributed by atoms with Crippen LogP contribution in [0.3, 0.4) is 0 Å². The molecule has 0 bridgehead atoms. The molecular formula is C13H6Cl2F3NO5S. The first-order valence-electron chi connectivity index (χ1n) is 6.18. The van der Waals surface area contributed by atoms with Crippen molar-refractivity contribution in [1.82, 2.24) is 0 Å². The molecule has 0 saturated heterocycles. The molecule has 0 amide bonds. The maximum absolute atomic E-state index is 13.2. The summed E-state index contributed by atoms with van der Waals surface area (Å²) in [6, 6.07) is 5.72. The second-order valence-corrected chi connectivity index (χ2v) is 7.48. The third-order valence-corrected chi connectivity index (χ3v) is 4.65. The van der Waals surface area contributed by atoms with Crippen molar-refractivity contribution in [2.45, 2.75) is 11.1 Å². The Hall–Kier alpha value is -2.04. The normalized spacial score (nSPS) is 12.0. The first-order valence-corrected chi connectivity index (χ1v) is 8.86. The molecule has 2 aromatic carbocycles. The molecule has 0 unspecified atom stereocenters. The molecule has 0 saturated carbocycles. The van der Waals surface area contributed by atoms with Crippen LogP contribution in [0.15, 0.2) is 41.3 Å². The van der Waals surface area contributed by atoms with Gasteiger partial charge in [0.1, 0.15) is 22.1 Å². The topological polar surface area (TPSA) is 86.5 Å². The van der Waals surface area contributed by atoms with E-state index in [1.807, 2.05) is 0 Å². The van der Waals surface area contributed by atoms with Gasteiger partial charge in [-0.2, -0.15) is 13.2 Å². The number of halogens is 5. The number of hydrogen-bond acceptors (Lipinski definition) is 5. The molecule has 2 aromatic rings. The number of rotatable bonds is 4. The van der Waals surface area contributed by atoms with Crippen LogP contribution in [-0.2, 0) is 15.2 Å². The number of ether oxygens (including phenoxy) is 1. The van der Waals surface area contributed by atoms with Crippen LogP contribution in [0, 0.1) is 10.1 Å². The van der Waals surface area contributed by atoms with Crippen molar-refractivity contribution in [2.24, 2.45) is 0 Å². The lowest BCUT2D eigenvalue weighted by Crippen LogP contribution is -2.09. The van der Waals surface area contributed by atoms with E-state index >= 15 is 0 Å². The highest BCUT2D eigenvalue weighted by atomic mass is 35.7. The minimum Gasteiger partial charge on any atom is -0.457 e. The summed E-state index contributed by atoms with van der Waals surface area (Å²) in [6.45, 7) is 0. The van der Waals surface area contributed by atoms with E-state index in [0.717, 1.165) is 36.4 Å². The number of nitro groups is 1. The van der Waals surface area contributed by atoms with Gasteiger partial charge in [-0.25, -0.2) is 8.42 Å². The zero-order valence-electron chi connectivity index (χ0n) is 11.8. The third-order valence-electron chi connectivity index (χ3n) is 2.90. The van der Waals surface area contributed by atoms with Crippen molar-refractivity contribution in [3.05, 3.63) is 57.1 Å². The lowest BCUT2D eigenvalue weighted by molar-refractivity contribution is -0.385. The average molecular weight is 416 g/mol. The Morgan fingerprint density at radius 3 is 2.08 bits per heavy atom. The van der Waals surface area contributed by atoms with Crippen molar-refractivity contribution in [2.75, 3.05) is 0 Å². The van der Waals surface area contributed by atoms with E-state index in [4.69, 9.17) is 27.0 Å². The molecule has 12 heteroatoms. The Balaban J connectivity index is 2.49. The Morgan fingerprint density at radius 1 is 1.08 bits per heavy atom. The molecule has 0 N–H and O–H groups in total. The second-order valence-electron chi connectivity index (χ2n) is 4.54. The molecule has 0 aliphatic heterocycles. The van der Waals surface area contributed by atoms with Gasteiger partial charge in [-0.05, 0) is 30.3 Å². The summed E-state index contributed by atoms with van der Waals surface area (Å²) in [5, 5.41) is 9.63. The minimum absolute atomic E-state index is 0.153. The molecule has 0 atom stereocenters. The molecule has 0 heterocycles. The molecule has 0 aliphatic rings. The third kappa shape index (κ3) is 4.33. The van der Waals surface area contributed by atoms with Gasteiger partial charge in [0.15, 0.2) is 0 Å². The summed E-state index contributed by atoms with van der Waals surface area (Å²) in [5.74, 6) is -0.927. The van der Waals surface area contributed by atoms with Gasteiger partial charge in [-0.3, -0.25) is 10.1 Å². The monoisotopic (exact) mass is 415 g/mol. The Morgan fingerprint density at radius 2 is 1.64 bits per heavy atom. The van der Waals surface area contributed by atoms with E-state index in [2.05, 4.69) is 0 Å². The van der Waals surface area contributed by atoms with Crippen molar-refractivity contribution in [3.8, 4) is 11.5 Å². The maximum atomic E-state index is 13.2. The number of alkyl halides is 3. The molecule has 0 spiro atoms. The fourth-order valence-electron chi connectivity index (χ4n) is 1.83. The molecule has 0 radical (unpaired) electrons. The van der Waals surface area contributed by atoms with Crippen LogP contribution in [0.5, 0.6) is 11.5 Å². The van der Waals surface area contributed by atoms with Crippen LogP contribution in [0.2, 0.25) is 5.02 Å². The summed E-state index contributed by atoms with van der Waals surface area (Å²) < 4.78 is 66.9. The standard InChI is InChI=1S/C13H6Cl2F3NO5S/c14-12-9(19(20)21)5-6-10(11(12)13(16,17)18)24-7-1-3-8(4-2-7)25(15,22)23/h1-6H. The van der Waals surface area contributed by atoms with Crippen molar-refractivity contribution in [3.63, 3.8) is 0 Å². The summed E-state index contributed by atoms with van der Waals surface area (Å²) in [7, 11) is 1.12. The van der Waals surface area contributed by atoms with E-state index in [-0.39, 0.29) is 10.6 Å². The number of nitrogens with zero attached hydrogens (tertiary/aromatic N) is 1. The SMILES string of the molecule is O=[N+]([O-])c1ccc(Oc2ccc(S(=O)(=O)Cl)cc2)c(C(F)(F)F)c1Cl. The zero-order valence-corrected chi connectivity index (χ0v) is 14.1. The van der Waals surface area contributed by atoms with Crippen molar-refractivity contribution in [1.29, 1.82) is 0 Å². The van der Waals surface area contributed by atoms with Gasteiger partial charge in [0, 0.05) is 16.7 Å². The van der Waals surface area contributed by atoms with Crippen LogP contribution in [0.4, 0.5) is 18.9 Å². The lowest BCUT2D eigenvalue weighted by Gasteiger charge is -2.15.